The van der Waals surface area contributed by atoms with E-state index in [1.54, 1.807) is 13.2 Å². The molecule has 4 rings (SSSR count). The molecule has 0 radical (unpaired) electrons. The van der Waals surface area contributed by atoms with E-state index in [1.165, 1.54) is 18.6 Å². The molecule has 2 aliphatic rings. The second kappa shape index (κ2) is 7.26. The molecule has 0 saturated heterocycles. The summed E-state index contributed by atoms with van der Waals surface area (Å²) < 4.78 is 19.1. The average Bonchev–Trinajstić information content (AvgIpc) is 3.39. The third-order valence-corrected chi connectivity index (χ3v) is 5.88. The molecular weight excluding hydrogens is 353 g/mol. The maximum atomic E-state index is 13.6. The molecule has 1 N–H and O–H groups in total. The highest BCUT2D eigenvalue weighted by molar-refractivity contribution is 6.33. The summed E-state index contributed by atoms with van der Waals surface area (Å²) in [5.74, 6) is 0.474. The zero-order chi connectivity index (χ0) is 18.3. The Morgan fingerprint density at radius 1 is 1.15 bits per heavy atom. The molecule has 2 aliphatic carbocycles. The Hall–Kier alpha value is -1.49. The lowest BCUT2D eigenvalue weighted by Gasteiger charge is -2.30. The van der Waals surface area contributed by atoms with Crippen LogP contribution in [0.2, 0.25) is 5.02 Å². The largest absolute Gasteiger partial charge is 0.392 e. The summed E-state index contributed by atoms with van der Waals surface area (Å²) in [5.41, 5.74) is 5.50. The number of benzene rings is 1. The van der Waals surface area contributed by atoms with Crippen LogP contribution in [0.1, 0.15) is 66.5 Å². The van der Waals surface area contributed by atoms with Gasteiger partial charge in [0.15, 0.2) is 0 Å². The van der Waals surface area contributed by atoms with Crippen molar-refractivity contribution < 1.29 is 14.2 Å². The van der Waals surface area contributed by atoms with E-state index in [2.05, 4.69) is 0 Å². The molecule has 2 aromatic rings. The zero-order valence-corrected chi connectivity index (χ0v) is 15.7. The second-order valence-corrected chi connectivity index (χ2v) is 7.74. The number of aromatic nitrogens is 1. The predicted molar refractivity (Wildman–Crippen MR) is 99.8 cm³/mol. The van der Waals surface area contributed by atoms with Crippen LogP contribution >= 0.6 is 11.6 Å². The van der Waals surface area contributed by atoms with Gasteiger partial charge in [0, 0.05) is 47.0 Å². The van der Waals surface area contributed by atoms with Crippen LogP contribution in [-0.4, -0.2) is 17.2 Å². The SMILES string of the molecule is COCc1c(C2CCC2)nc(C2CC2)c(CO)c1-c1ccc(F)cc1Cl. The molecule has 0 atom stereocenters. The molecule has 0 aliphatic heterocycles. The van der Waals surface area contributed by atoms with Crippen LogP contribution in [-0.2, 0) is 18.0 Å². The Kier molecular flexibility index (Phi) is 5.00. The van der Waals surface area contributed by atoms with E-state index in [4.69, 9.17) is 21.3 Å². The van der Waals surface area contributed by atoms with E-state index >= 15 is 0 Å². The monoisotopic (exact) mass is 375 g/mol. The molecule has 2 saturated carbocycles. The van der Waals surface area contributed by atoms with Crippen molar-refractivity contribution in [3.05, 3.63) is 51.6 Å². The Bertz CT molecular complexity index is 831. The summed E-state index contributed by atoms with van der Waals surface area (Å²) in [7, 11) is 1.66. The molecule has 2 fully saturated rings. The Balaban J connectivity index is 2.00. The maximum absolute atomic E-state index is 13.6. The minimum atomic E-state index is -0.367. The van der Waals surface area contributed by atoms with E-state index < -0.39 is 0 Å². The van der Waals surface area contributed by atoms with Gasteiger partial charge in [0.05, 0.1) is 18.2 Å². The van der Waals surface area contributed by atoms with E-state index in [9.17, 15) is 9.50 Å². The predicted octanol–water partition coefficient (Wildman–Crippen LogP) is 5.32. The molecule has 1 aromatic heterocycles. The Morgan fingerprint density at radius 3 is 2.38 bits per heavy atom. The van der Waals surface area contributed by atoms with Gasteiger partial charge >= 0.3 is 0 Å². The molecule has 0 amide bonds. The molecule has 0 bridgehead atoms. The number of hydrogen-bond acceptors (Lipinski definition) is 3. The lowest BCUT2D eigenvalue weighted by Crippen LogP contribution is -2.18. The first-order valence-corrected chi connectivity index (χ1v) is 9.62. The van der Waals surface area contributed by atoms with Gasteiger partial charge in [-0.1, -0.05) is 18.0 Å². The number of nitrogens with zero attached hydrogens (tertiary/aromatic N) is 1. The van der Waals surface area contributed by atoms with Crippen LogP contribution < -0.4 is 0 Å². The van der Waals surface area contributed by atoms with Gasteiger partial charge in [-0.25, -0.2) is 4.39 Å². The minimum absolute atomic E-state index is 0.108. The molecule has 3 nitrogen and oxygen atoms in total. The quantitative estimate of drug-likeness (QED) is 0.742. The number of aliphatic hydroxyl groups is 1. The third-order valence-electron chi connectivity index (χ3n) is 5.57. The topological polar surface area (TPSA) is 42.4 Å². The third kappa shape index (κ3) is 3.15. The summed E-state index contributed by atoms with van der Waals surface area (Å²) in [6, 6.07) is 4.45. The molecule has 5 heteroatoms. The van der Waals surface area contributed by atoms with E-state index in [1.807, 2.05) is 0 Å². The molecule has 138 valence electrons. The summed E-state index contributed by atoms with van der Waals surface area (Å²) in [6.07, 6.45) is 5.67. The van der Waals surface area contributed by atoms with Crippen molar-refractivity contribution in [3.8, 4) is 11.1 Å². The number of halogens is 2. The maximum Gasteiger partial charge on any atom is 0.124 e. The van der Waals surface area contributed by atoms with E-state index in [-0.39, 0.29) is 12.4 Å². The highest BCUT2D eigenvalue weighted by Crippen LogP contribution is 2.48. The fraction of sp³-hybridized carbons (Fsp3) is 0.476. The van der Waals surface area contributed by atoms with Crippen molar-refractivity contribution in [2.45, 2.75) is 57.2 Å². The van der Waals surface area contributed by atoms with Crippen molar-refractivity contribution in [2.75, 3.05) is 7.11 Å². The van der Waals surface area contributed by atoms with Crippen molar-refractivity contribution >= 4 is 11.6 Å². The molecule has 0 spiro atoms. The van der Waals surface area contributed by atoms with Gasteiger partial charge in [0.2, 0.25) is 0 Å². The molecule has 26 heavy (non-hydrogen) atoms. The minimum Gasteiger partial charge on any atom is -0.392 e. The molecule has 1 heterocycles. The summed E-state index contributed by atoms with van der Waals surface area (Å²) >= 11 is 6.41. The summed E-state index contributed by atoms with van der Waals surface area (Å²) in [5, 5.41) is 10.5. The van der Waals surface area contributed by atoms with Crippen molar-refractivity contribution in [3.63, 3.8) is 0 Å². The molecule has 1 aromatic carbocycles. The number of pyridine rings is 1. The number of methoxy groups -OCH3 is 1. The first kappa shape index (κ1) is 17.9. The van der Waals surface area contributed by atoms with Crippen LogP contribution in [0.15, 0.2) is 18.2 Å². The number of ether oxygens (including phenoxy) is 1. The van der Waals surface area contributed by atoms with Crippen molar-refractivity contribution in [1.82, 2.24) is 4.98 Å². The lowest BCUT2D eigenvalue weighted by atomic mass is 9.78. The lowest BCUT2D eigenvalue weighted by molar-refractivity contribution is 0.182. The standard InChI is InChI=1S/C21H23ClFNO2/c1-26-11-17-19(15-8-7-14(23)9-18(15)22)16(10-25)20(13-5-6-13)24-21(17)12-3-2-4-12/h7-9,12-13,25H,2-6,10-11H2,1H3. The number of hydrogen-bond donors (Lipinski definition) is 1. The summed E-state index contributed by atoms with van der Waals surface area (Å²) in [6.45, 7) is 0.295. The van der Waals surface area contributed by atoms with Gasteiger partial charge in [-0.2, -0.15) is 0 Å². The highest BCUT2D eigenvalue weighted by atomic mass is 35.5. The normalized spacial score (nSPS) is 17.4. The van der Waals surface area contributed by atoms with Gasteiger partial charge in [0.25, 0.3) is 0 Å². The van der Waals surface area contributed by atoms with Gasteiger partial charge in [-0.15, -0.1) is 0 Å². The smallest absolute Gasteiger partial charge is 0.124 e. The van der Waals surface area contributed by atoms with Crippen LogP contribution in [0, 0.1) is 5.82 Å². The average molecular weight is 376 g/mol. The molecular formula is C21H23ClFNO2. The number of rotatable bonds is 6. The number of aliphatic hydroxyl groups excluding tert-OH is 1. The fourth-order valence-corrected chi connectivity index (χ4v) is 4.15. The Morgan fingerprint density at radius 2 is 1.85 bits per heavy atom. The fourth-order valence-electron chi connectivity index (χ4n) is 3.88. The van der Waals surface area contributed by atoms with E-state index in [0.717, 1.165) is 59.3 Å². The van der Waals surface area contributed by atoms with Crippen molar-refractivity contribution in [2.24, 2.45) is 0 Å². The van der Waals surface area contributed by atoms with Crippen LogP contribution in [0.25, 0.3) is 11.1 Å². The van der Waals surface area contributed by atoms with Gasteiger partial charge in [-0.05, 0) is 49.4 Å². The first-order valence-electron chi connectivity index (χ1n) is 9.24. The summed E-state index contributed by atoms with van der Waals surface area (Å²) in [4.78, 5) is 5.02. The first-order chi connectivity index (χ1) is 12.6. The highest BCUT2D eigenvalue weighted by Gasteiger charge is 2.34. The second-order valence-electron chi connectivity index (χ2n) is 7.33. The molecule has 0 unspecified atom stereocenters. The van der Waals surface area contributed by atoms with Crippen LogP contribution in [0.3, 0.4) is 0 Å². The van der Waals surface area contributed by atoms with Gasteiger partial charge < -0.3 is 9.84 Å². The van der Waals surface area contributed by atoms with Crippen LogP contribution in [0.4, 0.5) is 4.39 Å². The van der Waals surface area contributed by atoms with Gasteiger partial charge in [-0.3, -0.25) is 4.98 Å². The van der Waals surface area contributed by atoms with E-state index in [0.29, 0.717) is 23.5 Å². The Labute approximate surface area is 158 Å². The van der Waals surface area contributed by atoms with Crippen LogP contribution in [0.5, 0.6) is 0 Å². The van der Waals surface area contributed by atoms with Gasteiger partial charge in [0.1, 0.15) is 5.82 Å². The van der Waals surface area contributed by atoms with Crippen molar-refractivity contribution in [1.29, 1.82) is 0 Å². The zero-order valence-electron chi connectivity index (χ0n) is 14.9.